The van der Waals surface area contributed by atoms with Gasteiger partial charge in [0.2, 0.25) is 6.54 Å². The number of carbonyl (C=O) groups excluding carboxylic acids is 1. The summed E-state index contributed by atoms with van der Waals surface area (Å²) < 4.78 is 5.92. The number of hydrogen-bond donors (Lipinski definition) is 1. The van der Waals surface area contributed by atoms with E-state index in [9.17, 15) is 4.79 Å². The lowest BCUT2D eigenvalue weighted by molar-refractivity contribution is 0.0636. The summed E-state index contributed by atoms with van der Waals surface area (Å²) in [7, 11) is 0. The molecule has 0 aromatic heterocycles. The third kappa shape index (κ3) is 4.76. The van der Waals surface area contributed by atoms with Crippen LogP contribution in [0.2, 0.25) is 0 Å². The number of rotatable bonds is 2. The summed E-state index contributed by atoms with van der Waals surface area (Å²) in [5, 5.41) is 2.65. The van der Waals surface area contributed by atoms with Gasteiger partial charge in [0.25, 0.3) is 0 Å². The van der Waals surface area contributed by atoms with E-state index in [0.717, 1.165) is 10.0 Å². The highest BCUT2D eigenvalue weighted by atomic mass is 79.9. The summed E-state index contributed by atoms with van der Waals surface area (Å²) in [5.74, 6) is 0. The molecule has 0 radical (unpaired) electrons. The SMILES string of the molecule is [C-]#[N+]Cc1ccc(Br)c(NC(=O)OC(C)(C)C)c1. The van der Waals surface area contributed by atoms with Crippen molar-refractivity contribution in [1.29, 1.82) is 0 Å². The Morgan fingerprint density at radius 3 is 2.72 bits per heavy atom. The molecule has 18 heavy (non-hydrogen) atoms. The molecule has 0 heterocycles. The predicted molar refractivity (Wildman–Crippen MR) is 74.3 cm³/mol. The zero-order chi connectivity index (χ0) is 13.8. The standard InChI is InChI=1S/C13H15BrN2O2/c1-13(2,3)18-12(17)16-11-7-9(8-15-4)5-6-10(11)14/h5-7H,8H2,1-3H3,(H,16,17). The fourth-order valence-corrected chi connectivity index (χ4v) is 1.62. The molecule has 0 aliphatic rings. The minimum Gasteiger partial charge on any atom is -0.444 e. The zero-order valence-corrected chi connectivity index (χ0v) is 12.2. The van der Waals surface area contributed by atoms with Gasteiger partial charge in [-0.2, -0.15) is 0 Å². The second-order valence-electron chi connectivity index (χ2n) is 4.76. The van der Waals surface area contributed by atoms with Gasteiger partial charge in [-0.25, -0.2) is 11.4 Å². The maximum absolute atomic E-state index is 11.6. The van der Waals surface area contributed by atoms with Crippen LogP contribution in [0.25, 0.3) is 4.85 Å². The number of hydrogen-bond acceptors (Lipinski definition) is 2. The van der Waals surface area contributed by atoms with Crippen molar-refractivity contribution in [3.05, 3.63) is 39.7 Å². The van der Waals surface area contributed by atoms with Gasteiger partial charge < -0.3 is 9.58 Å². The second kappa shape index (κ2) is 5.87. The molecule has 0 unspecified atom stereocenters. The van der Waals surface area contributed by atoms with Crippen LogP contribution >= 0.6 is 15.9 Å². The number of nitrogens with zero attached hydrogens (tertiary/aromatic N) is 1. The average molecular weight is 311 g/mol. The highest BCUT2D eigenvalue weighted by Crippen LogP contribution is 2.24. The molecule has 0 bridgehead atoms. The van der Waals surface area contributed by atoms with Gasteiger partial charge >= 0.3 is 6.09 Å². The van der Waals surface area contributed by atoms with Crippen LogP contribution in [-0.2, 0) is 11.3 Å². The number of anilines is 1. The maximum atomic E-state index is 11.6. The lowest BCUT2D eigenvalue weighted by atomic mass is 10.2. The minimum absolute atomic E-state index is 0.288. The van der Waals surface area contributed by atoms with Gasteiger partial charge in [0.1, 0.15) is 5.60 Å². The Morgan fingerprint density at radius 2 is 2.17 bits per heavy atom. The van der Waals surface area contributed by atoms with Gasteiger partial charge in [-0.15, -0.1) is 0 Å². The van der Waals surface area contributed by atoms with Gasteiger partial charge in [-0.3, -0.25) is 5.32 Å². The highest BCUT2D eigenvalue weighted by Gasteiger charge is 2.17. The van der Waals surface area contributed by atoms with Gasteiger partial charge in [-0.1, -0.05) is 6.07 Å². The smallest absolute Gasteiger partial charge is 0.412 e. The van der Waals surface area contributed by atoms with Crippen molar-refractivity contribution in [2.24, 2.45) is 0 Å². The molecule has 0 fully saturated rings. The van der Waals surface area contributed by atoms with Gasteiger partial charge in [0.15, 0.2) is 0 Å². The molecule has 0 saturated heterocycles. The third-order valence-corrected chi connectivity index (χ3v) is 2.62. The van der Waals surface area contributed by atoms with Crippen LogP contribution in [0, 0.1) is 6.57 Å². The maximum Gasteiger partial charge on any atom is 0.412 e. The number of benzene rings is 1. The Bertz CT molecular complexity index is 487. The van der Waals surface area contributed by atoms with E-state index in [2.05, 4.69) is 26.1 Å². The molecule has 0 saturated carbocycles. The van der Waals surface area contributed by atoms with E-state index in [1.165, 1.54) is 0 Å². The molecule has 0 atom stereocenters. The summed E-state index contributed by atoms with van der Waals surface area (Å²) in [5.41, 5.74) is 0.912. The van der Waals surface area contributed by atoms with Gasteiger partial charge in [0.05, 0.1) is 5.69 Å². The molecule has 96 valence electrons. The number of nitrogens with one attached hydrogen (secondary N) is 1. The first kappa shape index (κ1) is 14.5. The van der Waals surface area contributed by atoms with Gasteiger partial charge in [0, 0.05) is 10.0 Å². The Balaban J connectivity index is 2.81. The first-order valence-corrected chi connectivity index (χ1v) is 6.23. The molecular formula is C13H15BrN2O2. The molecule has 1 N–H and O–H groups in total. The summed E-state index contributed by atoms with van der Waals surface area (Å²) in [6, 6.07) is 5.39. The van der Waals surface area contributed by atoms with Crippen LogP contribution in [0.5, 0.6) is 0 Å². The van der Waals surface area contributed by atoms with Crippen molar-refractivity contribution in [2.75, 3.05) is 5.32 Å². The van der Waals surface area contributed by atoms with Crippen LogP contribution in [0.1, 0.15) is 26.3 Å². The molecule has 1 aromatic rings. The lowest BCUT2D eigenvalue weighted by Crippen LogP contribution is -2.27. The molecule has 0 aliphatic heterocycles. The third-order valence-electron chi connectivity index (χ3n) is 1.93. The minimum atomic E-state index is -0.537. The van der Waals surface area contributed by atoms with Crippen LogP contribution < -0.4 is 5.32 Å². The number of ether oxygens (including phenoxy) is 1. The van der Waals surface area contributed by atoms with E-state index >= 15 is 0 Å². The number of amides is 1. The second-order valence-corrected chi connectivity index (χ2v) is 5.61. The van der Waals surface area contributed by atoms with Crippen LogP contribution in [-0.4, -0.2) is 11.7 Å². The van der Waals surface area contributed by atoms with Crippen molar-refractivity contribution < 1.29 is 9.53 Å². The summed E-state index contributed by atoms with van der Waals surface area (Å²) in [6.07, 6.45) is -0.511. The van der Waals surface area contributed by atoms with Crippen LogP contribution in [0.3, 0.4) is 0 Å². The van der Waals surface area contributed by atoms with E-state index in [1.54, 1.807) is 32.9 Å². The monoisotopic (exact) mass is 310 g/mol. The van der Waals surface area contributed by atoms with Crippen molar-refractivity contribution in [3.63, 3.8) is 0 Å². The fraction of sp³-hybridized carbons (Fsp3) is 0.385. The molecular weight excluding hydrogens is 296 g/mol. The average Bonchev–Trinajstić information content (AvgIpc) is 2.20. The normalized spacial score (nSPS) is 10.6. The van der Waals surface area contributed by atoms with E-state index in [1.807, 2.05) is 6.07 Å². The van der Waals surface area contributed by atoms with E-state index < -0.39 is 11.7 Å². The van der Waals surface area contributed by atoms with Crippen molar-refractivity contribution >= 4 is 27.7 Å². The first-order valence-electron chi connectivity index (χ1n) is 5.43. The quantitative estimate of drug-likeness (QED) is 0.831. The van der Waals surface area contributed by atoms with Crippen LogP contribution in [0.15, 0.2) is 22.7 Å². The predicted octanol–water partition coefficient (Wildman–Crippen LogP) is 4.22. The van der Waals surface area contributed by atoms with E-state index in [4.69, 9.17) is 11.3 Å². The van der Waals surface area contributed by atoms with Crippen molar-refractivity contribution in [1.82, 2.24) is 0 Å². The summed E-state index contributed by atoms with van der Waals surface area (Å²) in [4.78, 5) is 14.9. The number of halogens is 1. The van der Waals surface area contributed by atoms with E-state index in [-0.39, 0.29) is 6.54 Å². The molecule has 0 aliphatic carbocycles. The largest absolute Gasteiger partial charge is 0.444 e. The summed E-state index contributed by atoms with van der Waals surface area (Å²) in [6.45, 7) is 12.5. The molecule has 1 rings (SSSR count). The van der Waals surface area contributed by atoms with Crippen molar-refractivity contribution in [3.8, 4) is 0 Å². The first-order chi connectivity index (χ1) is 8.31. The molecule has 1 amide bonds. The molecule has 1 aromatic carbocycles. The Hall–Kier alpha value is -1.54. The van der Waals surface area contributed by atoms with Crippen LogP contribution in [0.4, 0.5) is 10.5 Å². The molecule has 0 spiro atoms. The summed E-state index contributed by atoms with van der Waals surface area (Å²) >= 11 is 3.34. The Labute approximate surface area is 115 Å². The lowest BCUT2D eigenvalue weighted by Gasteiger charge is -2.20. The van der Waals surface area contributed by atoms with Gasteiger partial charge in [-0.05, 0) is 48.8 Å². The Morgan fingerprint density at radius 1 is 1.50 bits per heavy atom. The molecule has 5 heteroatoms. The number of carbonyl (C=O) groups is 1. The molecule has 4 nitrogen and oxygen atoms in total. The fourth-order valence-electron chi connectivity index (χ4n) is 1.27. The topological polar surface area (TPSA) is 42.7 Å². The van der Waals surface area contributed by atoms with Crippen molar-refractivity contribution in [2.45, 2.75) is 32.9 Å². The Kier molecular flexibility index (Phi) is 4.74. The zero-order valence-electron chi connectivity index (χ0n) is 10.6. The highest BCUT2D eigenvalue weighted by molar-refractivity contribution is 9.10. The van der Waals surface area contributed by atoms with E-state index in [0.29, 0.717) is 5.69 Å².